The molecule has 0 spiro atoms. The number of anilines is 1. The Morgan fingerprint density at radius 1 is 1.07 bits per heavy atom. The van der Waals surface area contributed by atoms with E-state index < -0.39 is 84.6 Å². The van der Waals surface area contributed by atoms with Gasteiger partial charge in [-0.2, -0.15) is 4.31 Å². The number of nitrogens with two attached hydrogens (primary N) is 1. The van der Waals surface area contributed by atoms with Gasteiger partial charge in [-0.3, -0.25) is 32.5 Å². The first-order chi connectivity index (χ1) is 25.6. The molecule has 11 N–H and O–H groups in total. The number of thioether (sulfide) groups is 1. The molecule has 0 bridgehead atoms. The highest BCUT2D eigenvalue weighted by atomic mass is 32.2. The number of amides is 2. The van der Waals surface area contributed by atoms with E-state index in [0.29, 0.717) is 12.2 Å². The molecule has 1 aliphatic rings. The summed E-state index contributed by atoms with van der Waals surface area (Å²) in [4.78, 5) is 87.1. The summed E-state index contributed by atoms with van der Waals surface area (Å²) in [6.07, 6.45) is -4.10. The van der Waals surface area contributed by atoms with Crippen molar-refractivity contribution in [2.45, 2.75) is 63.8 Å². The molecule has 25 nitrogen and oxygen atoms in total. The van der Waals surface area contributed by atoms with E-state index in [0.717, 1.165) is 35.2 Å². The summed E-state index contributed by atoms with van der Waals surface area (Å²) in [5.74, 6) is -1.20. The molecule has 1 saturated heterocycles. The zero-order chi connectivity index (χ0) is 41.2. The molecular weight excluding hydrogens is 823 g/mol. The average molecular weight is 866 g/mol. The van der Waals surface area contributed by atoms with E-state index in [-0.39, 0.29) is 48.0 Å². The quantitative estimate of drug-likeness (QED) is 0.0406. The number of nitrogens with zero attached hydrogens (tertiary/aromatic N) is 4. The summed E-state index contributed by atoms with van der Waals surface area (Å²) in [5.41, 5.74) is 4.24. The zero-order valence-electron chi connectivity index (χ0n) is 29.1. The van der Waals surface area contributed by atoms with Crippen LogP contribution in [0.25, 0.3) is 11.2 Å². The molecule has 0 radical (unpaired) electrons. The van der Waals surface area contributed by atoms with Crippen molar-refractivity contribution in [2.24, 2.45) is 5.41 Å². The molecular formula is C26H42N7O18P3S. The highest BCUT2D eigenvalue weighted by molar-refractivity contribution is 8.13. The number of hydrogen-bond acceptors (Lipinski definition) is 19. The number of phosphoric ester groups is 3. The SMILES string of the molecule is CC(C)(COP(=O)(O)OP(=O)(O)OC[C@H]1O[C@@H](n2cnc3c(N)ncnc32)[C@H](O)[C@@H]1OP(=O)(O)O)C(O)C(=O)NCCC(=O)NCCSC(=O)CCC=CO. The fourth-order valence-electron chi connectivity index (χ4n) is 4.64. The lowest BCUT2D eigenvalue weighted by Gasteiger charge is -2.30. The average Bonchev–Trinajstić information content (AvgIpc) is 3.64. The van der Waals surface area contributed by atoms with Gasteiger partial charge in [0.1, 0.15) is 36.3 Å². The van der Waals surface area contributed by atoms with Gasteiger partial charge in [-0.25, -0.2) is 28.6 Å². The minimum Gasteiger partial charge on any atom is -0.516 e. The Kier molecular flexibility index (Phi) is 16.9. The van der Waals surface area contributed by atoms with Crippen LogP contribution < -0.4 is 16.4 Å². The Balaban J connectivity index is 1.49. The first-order valence-electron chi connectivity index (χ1n) is 15.9. The molecule has 0 saturated carbocycles. The number of nitrogen functional groups attached to an aromatic ring is 1. The molecule has 29 heteroatoms. The molecule has 2 aromatic heterocycles. The second kappa shape index (κ2) is 20.0. The van der Waals surface area contributed by atoms with E-state index in [1.54, 1.807) is 0 Å². The number of carbonyl (C=O) groups is 3. The van der Waals surface area contributed by atoms with Crippen molar-refractivity contribution in [3.05, 3.63) is 25.0 Å². The highest BCUT2D eigenvalue weighted by Crippen LogP contribution is 2.61. The van der Waals surface area contributed by atoms with Crippen molar-refractivity contribution >= 4 is 69.1 Å². The largest absolute Gasteiger partial charge is 0.516 e. The summed E-state index contributed by atoms with van der Waals surface area (Å²) in [6.45, 7) is 0.398. The minimum atomic E-state index is -5.57. The van der Waals surface area contributed by atoms with Crippen LogP contribution in [0, 0.1) is 5.41 Å². The van der Waals surface area contributed by atoms with Crippen molar-refractivity contribution in [3.8, 4) is 0 Å². The summed E-state index contributed by atoms with van der Waals surface area (Å²) in [7, 11) is -16.4. The van der Waals surface area contributed by atoms with Gasteiger partial charge in [0, 0.05) is 37.1 Å². The van der Waals surface area contributed by atoms with Gasteiger partial charge in [0.25, 0.3) is 0 Å². The van der Waals surface area contributed by atoms with E-state index in [1.165, 1.54) is 19.9 Å². The van der Waals surface area contributed by atoms with Gasteiger partial charge in [0.05, 0.1) is 25.8 Å². The minimum absolute atomic E-state index is 0.0260. The fraction of sp³-hybridized carbons (Fsp3) is 0.615. The first kappa shape index (κ1) is 46.5. The van der Waals surface area contributed by atoms with Crippen LogP contribution in [0.15, 0.2) is 25.0 Å². The molecule has 7 atom stereocenters. The third kappa shape index (κ3) is 14.5. The topological polar surface area (TPSA) is 384 Å². The van der Waals surface area contributed by atoms with E-state index in [4.69, 9.17) is 24.6 Å². The normalized spacial score (nSPS) is 22.0. The van der Waals surface area contributed by atoms with Gasteiger partial charge >= 0.3 is 23.5 Å². The predicted octanol–water partition coefficient (Wildman–Crippen LogP) is -0.483. The smallest absolute Gasteiger partial charge is 0.481 e. The Hall–Kier alpha value is -2.90. The Bertz CT molecular complexity index is 1830. The number of hydrogen-bond donors (Lipinski definition) is 10. The maximum absolute atomic E-state index is 12.7. The fourth-order valence-corrected chi connectivity index (χ4v) is 8.17. The highest BCUT2D eigenvalue weighted by Gasteiger charge is 2.50. The molecule has 0 aromatic carbocycles. The van der Waals surface area contributed by atoms with E-state index in [2.05, 4.69) is 34.4 Å². The number of aromatic nitrogens is 4. The summed E-state index contributed by atoms with van der Waals surface area (Å²) in [6, 6.07) is 0. The van der Waals surface area contributed by atoms with Crippen LogP contribution >= 0.6 is 35.2 Å². The molecule has 3 rings (SSSR count). The second-order valence-corrected chi connectivity index (χ2v) is 17.6. The van der Waals surface area contributed by atoms with E-state index in [9.17, 15) is 57.9 Å². The Morgan fingerprint density at radius 2 is 1.76 bits per heavy atom. The number of fused-ring (bicyclic) bond motifs is 1. The van der Waals surface area contributed by atoms with Crippen LogP contribution in [0.1, 0.15) is 39.3 Å². The lowest BCUT2D eigenvalue weighted by molar-refractivity contribution is -0.137. The lowest BCUT2D eigenvalue weighted by Crippen LogP contribution is -2.46. The number of aliphatic hydroxyl groups excluding tert-OH is 3. The van der Waals surface area contributed by atoms with Gasteiger partial charge in [0.2, 0.25) is 11.8 Å². The third-order valence-electron chi connectivity index (χ3n) is 7.39. The van der Waals surface area contributed by atoms with Crippen LogP contribution in [0.4, 0.5) is 5.82 Å². The number of imidazole rings is 1. The second-order valence-electron chi connectivity index (χ2n) is 12.2. The van der Waals surface area contributed by atoms with Crippen molar-refractivity contribution < 1.29 is 85.6 Å². The van der Waals surface area contributed by atoms with Crippen LogP contribution in [0.5, 0.6) is 0 Å². The molecule has 310 valence electrons. The summed E-state index contributed by atoms with van der Waals surface area (Å²) < 4.78 is 62.0. The van der Waals surface area contributed by atoms with Crippen molar-refractivity contribution in [1.82, 2.24) is 30.2 Å². The lowest BCUT2D eigenvalue weighted by atomic mass is 9.87. The van der Waals surface area contributed by atoms with E-state index in [1.807, 2.05) is 0 Å². The zero-order valence-corrected chi connectivity index (χ0v) is 32.6. The van der Waals surface area contributed by atoms with E-state index >= 15 is 0 Å². The number of allylic oxidation sites excluding steroid dienone is 1. The molecule has 1 fully saturated rings. The maximum atomic E-state index is 12.7. The molecule has 1 aliphatic heterocycles. The molecule has 2 aromatic rings. The van der Waals surface area contributed by atoms with Crippen LogP contribution in [0.3, 0.4) is 0 Å². The van der Waals surface area contributed by atoms with Crippen LogP contribution in [-0.4, -0.2) is 128 Å². The summed E-state index contributed by atoms with van der Waals surface area (Å²) in [5, 5.41) is 34.7. The molecule has 3 heterocycles. The standard InChI is InChI=1S/C26H42N7O18P3S/c1-26(2,21(38)24(39)29-7-6-16(35)28-8-10-55-17(36)5-3-4-9-34)12-48-54(45,46)51-53(43,44)47-11-15-20(50-52(40,41)42)19(37)25(49-15)33-14-32-18-22(27)30-13-31-23(18)33/h4,9,13-15,19-21,25,34,37-38H,3,5-8,10-12H2,1-2H3,(H,28,35)(H,29,39)(H,43,44)(H,45,46)(H2,27,30,31)(H2,40,41,42)/t15-,19-,20-,21?,25-/m1/s1. The Labute approximate surface area is 316 Å². The Morgan fingerprint density at radius 3 is 2.44 bits per heavy atom. The van der Waals surface area contributed by atoms with Gasteiger partial charge in [-0.15, -0.1) is 0 Å². The molecule has 0 aliphatic carbocycles. The molecule has 3 unspecified atom stereocenters. The third-order valence-corrected chi connectivity index (χ3v) is 11.4. The van der Waals surface area contributed by atoms with Crippen molar-refractivity contribution in [2.75, 3.05) is 37.8 Å². The predicted molar refractivity (Wildman–Crippen MR) is 188 cm³/mol. The van der Waals surface area contributed by atoms with Crippen LogP contribution in [-0.2, 0) is 50.7 Å². The first-order valence-corrected chi connectivity index (χ1v) is 21.4. The van der Waals surface area contributed by atoms with Gasteiger partial charge in [0.15, 0.2) is 22.8 Å². The van der Waals surface area contributed by atoms with Gasteiger partial charge < -0.3 is 56.0 Å². The summed E-state index contributed by atoms with van der Waals surface area (Å²) >= 11 is 1.01. The number of phosphoric acid groups is 3. The van der Waals surface area contributed by atoms with Crippen molar-refractivity contribution in [1.29, 1.82) is 0 Å². The number of nitrogens with one attached hydrogen (secondary N) is 2. The van der Waals surface area contributed by atoms with Crippen molar-refractivity contribution in [3.63, 3.8) is 0 Å². The molecule has 2 amide bonds. The van der Waals surface area contributed by atoms with Crippen LogP contribution in [0.2, 0.25) is 0 Å². The number of aliphatic hydroxyl groups is 3. The number of carbonyl (C=O) groups excluding carboxylic acids is 3. The molecule has 55 heavy (non-hydrogen) atoms. The monoisotopic (exact) mass is 865 g/mol. The number of rotatable bonds is 22. The maximum Gasteiger partial charge on any atom is 0.481 e. The van der Waals surface area contributed by atoms with Gasteiger partial charge in [-0.1, -0.05) is 25.6 Å². The number of ether oxygens (including phenoxy) is 1. The van der Waals surface area contributed by atoms with Gasteiger partial charge in [-0.05, 0) is 12.5 Å².